The number of aromatic nitrogens is 2. The smallest absolute Gasteiger partial charge is 0.410 e. The van der Waals surface area contributed by atoms with E-state index in [2.05, 4.69) is 64.0 Å². The van der Waals surface area contributed by atoms with Crippen molar-refractivity contribution in [3.63, 3.8) is 0 Å². The van der Waals surface area contributed by atoms with Crippen molar-refractivity contribution in [2.75, 3.05) is 43.0 Å². The van der Waals surface area contributed by atoms with Crippen LogP contribution >= 0.6 is 0 Å². The Bertz CT molecular complexity index is 1510. The Labute approximate surface area is 242 Å². The number of anilines is 2. The van der Waals surface area contributed by atoms with Gasteiger partial charge in [-0.25, -0.2) is 9.78 Å². The van der Waals surface area contributed by atoms with Crippen molar-refractivity contribution in [2.45, 2.75) is 70.8 Å². The van der Waals surface area contributed by atoms with Crippen molar-refractivity contribution < 1.29 is 9.53 Å². The van der Waals surface area contributed by atoms with Crippen LogP contribution in [0.2, 0.25) is 0 Å². The lowest BCUT2D eigenvalue weighted by Crippen LogP contribution is -2.55. The monoisotopic (exact) mass is 553 g/mol. The first kappa shape index (κ1) is 27.3. The molecule has 2 saturated heterocycles. The lowest BCUT2D eigenvalue weighted by molar-refractivity contribution is 0.0223. The molecular weight excluding hydrogens is 514 g/mol. The number of pyridine rings is 2. The highest BCUT2D eigenvalue weighted by atomic mass is 16.6. The second kappa shape index (κ2) is 10.5. The molecule has 9 nitrogen and oxygen atoms in total. The van der Waals surface area contributed by atoms with Crippen molar-refractivity contribution in [1.29, 1.82) is 5.26 Å². The molecule has 1 aromatic carbocycles. The molecular formula is C32H39N7O2. The predicted octanol–water partition coefficient (Wildman–Crippen LogP) is 4.58. The molecule has 6 rings (SSSR count). The van der Waals surface area contributed by atoms with E-state index in [0.29, 0.717) is 36.8 Å². The standard InChI is InChI=1S/C32H39N7O2/c1-21-17-38(28-10-8-22(16-33)30-26(28)7-6-13-34-30)19-25-15-24(20-39(21)25)36(5)29-11-9-23-18-37(14-12-27(23)35-29)31(40)41-32(2,3)4/h6-11,13,21,24-25H,12,14-15,17-20H2,1-5H3/t21-,24-,25+/m1/s1. The number of hydrogen-bond acceptors (Lipinski definition) is 8. The number of benzene rings is 1. The van der Waals surface area contributed by atoms with E-state index < -0.39 is 5.60 Å². The van der Waals surface area contributed by atoms with Crippen LogP contribution < -0.4 is 9.80 Å². The number of fused-ring (bicyclic) bond motifs is 3. The highest BCUT2D eigenvalue weighted by Crippen LogP contribution is 2.35. The van der Waals surface area contributed by atoms with Gasteiger partial charge < -0.3 is 19.4 Å². The fourth-order valence-corrected chi connectivity index (χ4v) is 6.66. The number of piperazine rings is 1. The summed E-state index contributed by atoms with van der Waals surface area (Å²) in [6.07, 6.45) is 3.29. The second-order valence-electron chi connectivity index (χ2n) is 12.7. The molecule has 0 unspecified atom stereocenters. The Hall–Kier alpha value is -3.90. The number of carbonyl (C=O) groups is 1. The summed E-state index contributed by atoms with van der Waals surface area (Å²) >= 11 is 0. The molecule has 2 aromatic heterocycles. The van der Waals surface area contributed by atoms with Crippen molar-refractivity contribution >= 4 is 28.5 Å². The molecule has 3 aromatic rings. The van der Waals surface area contributed by atoms with Gasteiger partial charge in [-0.1, -0.05) is 6.07 Å². The zero-order valence-corrected chi connectivity index (χ0v) is 24.7. The summed E-state index contributed by atoms with van der Waals surface area (Å²) in [6.45, 7) is 12.1. The minimum absolute atomic E-state index is 0.264. The Morgan fingerprint density at radius 3 is 2.76 bits per heavy atom. The molecule has 3 aliphatic rings. The van der Waals surface area contributed by atoms with E-state index in [1.165, 1.54) is 0 Å². The van der Waals surface area contributed by atoms with E-state index in [-0.39, 0.29) is 6.09 Å². The topological polar surface area (TPSA) is 88.8 Å². The highest BCUT2D eigenvalue weighted by Gasteiger charge is 2.42. The van der Waals surface area contributed by atoms with Crippen molar-refractivity contribution in [2.24, 2.45) is 0 Å². The molecule has 0 bridgehead atoms. The number of likely N-dealkylation sites (N-methyl/N-ethyl adjacent to an activating group) is 1. The maximum Gasteiger partial charge on any atom is 0.410 e. The summed E-state index contributed by atoms with van der Waals surface area (Å²) in [5, 5.41) is 10.6. The molecule has 2 fully saturated rings. The van der Waals surface area contributed by atoms with Gasteiger partial charge in [0, 0.05) is 80.7 Å². The fraction of sp³-hybridized carbons (Fsp3) is 0.500. The molecule has 0 spiro atoms. The van der Waals surface area contributed by atoms with E-state index in [1.807, 2.05) is 32.9 Å². The maximum atomic E-state index is 12.6. The minimum atomic E-state index is -0.502. The largest absolute Gasteiger partial charge is 0.444 e. The average Bonchev–Trinajstić information content (AvgIpc) is 3.39. The van der Waals surface area contributed by atoms with Gasteiger partial charge in [0.15, 0.2) is 0 Å². The molecule has 5 heterocycles. The molecule has 214 valence electrons. The third kappa shape index (κ3) is 5.29. The number of nitrogens with zero attached hydrogens (tertiary/aromatic N) is 7. The molecule has 0 aliphatic carbocycles. The summed E-state index contributed by atoms with van der Waals surface area (Å²) in [6, 6.07) is 15.8. The number of amides is 1. The van der Waals surface area contributed by atoms with Gasteiger partial charge in [0.25, 0.3) is 0 Å². The van der Waals surface area contributed by atoms with Crippen LogP contribution in [0.1, 0.15) is 50.9 Å². The van der Waals surface area contributed by atoms with Crippen LogP contribution in [0.4, 0.5) is 16.3 Å². The summed E-state index contributed by atoms with van der Waals surface area (Å²) in [5.74, 6) is 0.994. The summed E-state index contributed by atoms with van der Waals surface area (Å²) in [4.78, 5) is 31.4. The van der Waals surface area contributed by atoms with E-state index in [9.17, 15) is 10.1 Å². The van der Waals surface area contributed by atoms with Crippen LogP contribution in [0.25, 0.3) is 10.9 Å². The van der Waals surface area contributed by atoms with Gasteiger partial charge in [0.2, 0.25) is 0 Å². The number of hydrogen-bond donors (Lipinski definition) is 0. The molecule has 3 aliphatic heterocycles. The Kier molecular flexibility index (Phi) is 6.98. The normalized spacial score (nSPS) is 22.7. The van der Waals surface area contributed by atoms with E-state index in [4.69, 9.17) is 9.72 Å². The van der Waals surface area contributed by atoms with Crippen LogP contribution in [0.5, 0.6) is 0 Å². The van der Waals surface area contributed by atoms with E-state index in [0.717, 1.165) is 66.1 Å². The number of nitriles is 1. The lowest BCUT2D eigenvalue weighted by Gasteiger charge is -2.43. The zero-order chi connectivity index (χ0) is 28.9. The van der Waals surface area contributed by atoms with Gasteiger partial charge in [-0.2, -0.15) is 5.26 Å². The molecule has 0 N–H and O–H groups in total. The molecule has 3 atom stereocenters. The SMILES string of the molecule is C[C@@H]1CN(c2ccc(C#N)c3ncccc23)C[C@@H]2C[C@@H](N(C)c3ccc4c(n3)CCN(C(=O)OC(C)(C)C)C4)CN21. The maximum absolute atomic E-state index is 12.6. The molecule has 0 radical (unpaired) electrons. The summed E-state index contributed by atoms with van der Waals surface area (Å²) in [5.41, 5.74) is 4.22. The van der Waals surface area contributed by atoms with Gasteiger partial charge in [-0.3, -0.25) is 9.88 Å². The Balaban J connectivity index is 1.15. The van der Waals surface area contributed by atoms with Crippen LogP contribution in [-0.4, -0.2) is 82.8 Å². The average molecular weight is 554 g/mol. The lowest BCUT2D eigenvalue weighted by atomic mass is 10.0. The minimum Gasteiger partial charge on any atom is -0.444 e. The second-order valence-corrected chi connectivity index (χ2v) is 12.7. The number of rotatable bonds is 3. The van der Waals surface area contributed by atoms with Gasteiger partial charge in [0.05, 0.1) is 17.6 Å². The van der Waals surface area contributed by atoms with Crippen LogP contribution in [0, 0.1) is 11.3 Å². The molecule has 0 saturated carbocycles. The van der Waals surface area contributed by atoms with Crippen LogP contribution in [0.15, 0.2) is 42.6 Å². The van der Waals surface area contributed by atoms with Crippen molar-refractivity contribution in [1.82, 2.24) is 19.8 Å². The zero-order valence-electron chi connectivity index (χ0n) is 24.7. The van der Waals surface area contributed by atoms with Crippen molar-refractivity contribution in [3.8, 4) is 6.07 Å². The third-order valence-electron chi connectivity index (χ3n) is 8.72. The highest BCUT2D eigenvalue weighted by molar-refractivity contribution is 5.95. The fourth-order valence-electron chi connectivity index (χ4n) is 6.66. The first-order valence-electron chi connectivity index (χ1n) is 14.6. The first-order valence-corrected chi connectivity index (χ1v) is 14.6. The molecule has 41 heavy (non-hydrogen) atoms. The van der Waals surface area contributed by atoms with E-state index >= 15 is 0 Å². The first-order chi connectivity index (χ1) is 19.6. The Morgan fingerprint density at radius 2 is 1.98 bits per heavy atom. The van der Waals surface area contributed by atoms with Gasteiger partial charge in [-0.05, 0) is 70.0 Å². The summed E-state index contributed by atoms with van der Waals surface area (Å²) < 4.78 is 5.58. The third-order valence-corrected chi connectivity index (χ3v) is 8.72. The number of ether oxygens (including phenoxy) is 1. The van der Waals surface area contributed by atoms with E-state index in [1.54, 1.807) is 11.1 Å². The van der Waals surface area contributed by atoms with Gasteiger partial charge >= 0.3 is 6.09 Å². The van der Waals surface area contributed by atoms with Gasteiger partial charge in [-0.15, -0.1) is 0 Å². The summed E-state index contributed by atoms with van der Waals surface area (Å²) in [7, 11) is 2.16. The van der Waals surface area contributed by atoms with Crippen LogP contribution in [-0.2, 0) is 17.7 Å². The van der Waals surface area contributed by atoms with Gasteiger partial charge in [0.1, 0.15) is 17.5 Å². The predicted molar refractivity (Wildman–Crippen MR) is 160 cm³/mol. The Morgan fingerprint density at radius 1 is 1.15 bits per heavy atom. The van der Waals surface area contributed by atoms with Crippen molar-refractivity contribution in [3.05, 3.63) is 59.4 Å². The number of carbonyl (C=O) groups excluding carboxylic acids is 1. The van der Waals surface area contributed by atoms with Crippen LogP contribution in [0.3, 0.4) is 0 Å². The quantitative estimate of drug-likeness (QED) is 0.466. The molecule has 9 heteroatoms. The molecule has 1 amide bonds.